The molecule has 3 nitrogen and oxygen atoms in total. The van der Waals surface area contributed by atoms with E-state index in [9.17, 15) is 0 Å². The summed E-state index contributed by atoms with van der Waals surface area (Å²) in [5.74, 6) is 1.19. The topological polar surface area (TPSA) is 24.8 Å². The summed E-state index contributed by atoms with van der Waals surface area (Å²) in [4.78, 5) is 7.13. The van der Waals surface area contributed by atoms with Gasteiger partial charge in [-0.2, -0.15) is 0 Å². The molecule has 0 saturated carbocycles. The van der Waals surface area contributed by atoms with Gasteiger partial charge in [-0.1, -0.05) is 42.1 Å². The maximum atomic E-state index is 5.81. The highest BCUT2D eigenvalue weighted by Gasteiger charge is 2.22. The summed E-state index contributed by atoms with van der Waals surface area (Å²) in [6, 6.07) is 10.7. The van der Waals surface area contributed by atoms with Crippen molar-refractivity contribution in [1.82, 2.24) is 4.90 Å². The molecule has 2 aliphatic rings. The lowest BCUT2D eigenvalue weighted by molar-refractivity contribution is 0.0906. The fourth-order valence-corrected chi connectivity index (χ4v) is 3.65. The SMILES string of the molecule is c1ccc(CN(CC2CCCO2)C2=NCCCS2)cc1. The Labute approximate surface area is 125 Å². The van der Waals surface area contributed by atoms with Crippen LogP contribution < -0.4 is 0 Å². The molecule has 1 aromatic rings. The van der Waals surface area contributed by atoms with Gasteiger partial charge in [0.1, 0.15) is 0 Å². The maximum Gasteiger partial charge on any atom is 0.159 e. The van der Waals surface area contributed by atoms with E-state index < -0.39 is 0 Å². The molecule has 1 saturated heterocycles. The Balaban J connectivity index is 1.70. The first kappa shape index (κ1) is 14.0. The molecule has 0 N–H and O–H groups in total. The highest BCUT2D eigenvalue weighted by Crippen LogP contribution is 2.21. The summed E-state index contributed by atoms with van der Waals surface area (Å²) in [5.41, 5.74) is 1.35. The van der Waals surface area contributed by atoms with Crippen LogP contribution in [-0.2, 0) is 11.3 Å². The molecule has 0 amide bonds. The molecule has 0 aromatic heterocycles. The lowest BCUT2D eigenvalue weighted by Crippen LogP contribution is -2.36. The van der Waals surface area contributed by atoms with Gasteiger partial charge in [0.15, 0.2) is 5.17 Å². The van der Waals surface area contributed by atoms with Crippen LogP contribution >= 0.6 is 11.8 Å². The van der Waals surface area contributed by atoms with Gasteiger partial charge in [0.25, 0.3) is 0 Å². The van der Waals surface area contributed by atoms with E-state index in [2.05, 4.69) is 35.2 Å². The Hall–Kier alpha value is -1.00. The molecule has 0 radical (unpaired) electrons. The highest BCUT2D eigenvalue weighted by molar-refractivity contribution is 8.13. The van der Waals surface area contributed by atoms with Gasteiger partial charge >= 0.3 is 0 Å². The Morgan fingerprint density at radius 1 is 1.25 bits per heavy atom. The number of aliphatic imine (C=N–C) groups is 1. The van der Waals surface area contributed by atoms with E-state index in [0.29, 0.717) is 6.10 Å². The molecular weight excluding hydrogens is 268 g/mol. The zero-order chi connectivity index (χ0) is 13.6. The molecule has 0 aliphatic carbocycles. The molecule has 2 aliphatic heterocycles. The number of amidine groups is 1. The van der Waals surface area contributed by atoms with Gasteiger partial charge in [-0.3, -0.25) is 4.99 Å². The first-order valence-corrected chi connectivity index (χ1v) is 8.48. The van der Waals surface area contributed by atoms with E-state index in [1.807, 2.05) is 11.8 Å². The molecule has 20 heavy (non-hydrogen) atoms. The van der Waals surface area contributed by atoms with Crippen molar-refractivity contribution in [1.29, 1.82) is 0 Å². The fourth-order valence-electron chi connectivity index (χ4n) is 2.69. The number of hydrogen-bond acceptors (Lipinski definition) is 4. The lowest BCUT2D eigenvalue weighted by atomic mass is 10.2. The number of rotatable bonds is 4. The molecule has 0 spiro atoms. The smallest absolute Gasteiger partial charge is 0.159 e. The first-order valence-electron chi connectivity index (χ1n) is 7.49. The second kappa shape index (κ2) is 7.14. The molecule has 1 fully saturated rings. The molecule has 108 valence electrons. The minimum atomic E-state index is 0.379. The van der Waals surface area contributed by atoms with Crippen LogP contribution in [0, 0.1) is 0 Å². The van der Waals surface area contributed by atoms with Gasteiger partial charge in [0.2, 0.25) is 0 Å². The third kappa shape index (κ3) is 3.76. The van der Waals surface area contributed by atoms with Gasteiger partial charge in [0, 0.05) is 32.0 Å². The van der Waals surface area contributed by atoms with Gasteiger partial charge in [-0.05, 0) is 24.8 Å². The predicted molar refractivity (Wildman–Crippen MR) is 85.2 cm³/mol. The molecule has 1 atom stereocenters. The predicted octanol–water partition coefficient (Wildman–Crippen LogP) is 3.16. The number of thioether (sulfide) groups is 1. The van der Waals surface area contributed by atoms with Crippen LogP contribution in [0.3, 0.4) is 0 Å². The second-order valence-electron chi connectivity index (χ2n) is 5.37. The minimum absolute atomic E-state index is 0.379. The summed E-state index contributed by atoms with van der Waals surface area (Å²) in [6.07, 6.45) is 3.96. The summed E-state index contributed by atoms with van der Waals surface area (Å²) >= 11 is 1.89. The molecule has 2 heterocycles. The van der Waals surface area contributed by atoms with E-state index >= 15 is 0 Å². The summed E-state index contributed by atoms with van der Waals surface area (Å²) < 4.78 is 5.81. The van der Waals surface area contributed by atoms with E-state index in [4.69, 9.17) is 9.73 Å². The molecule has 3 rings (SSSR count). The molecule has 1 unspecified atom stereocenters. The number of benzene rings is 1. The Bertz CT molecular complexity index is 443. The number of ether oxygens (including phenoxy) is 1. The van der Waals surface area contributed by atoms with Gasteiger partial charge in [-0.15, -0.1) is 0 Å². The van der Waals surface area contributed by atoms with Gasteiger partial charge < -0.3 is 9.64 Å². The van der Waals surface area contributed by atoms with Gasteiger partial charge in [-0.25, -0.2) is 0 Å². The van der Waals surface area contributed by atoms with Crippen molar-refractivity contribution in [3.05, 3.63) is 35.9 Å². The third-order valence-corrected chi connectivity index (χ3v) is 4.85. The Morgan fingerprint density at radius 2 is 2.15 bits per heavy atom. The average Bonchev–Trinajstić information content (AvgIpc) is 3.02. The Morgan fingerprint density at radius 3 is 2.85 bits per heavy atom. The van der Waals surface area contributed by atoms with E-state index in [-0.39, 0.29) is 0 Å². The van der Waals surface area contributed by atoms with Crippen LogP contribution in [0.15, 0.2) is 35.3 Å². The van der Waals surface area contributed by atoms with Gasteiger partial charge in [0.05, 0.1) is 6.10 Å². The molecule has 1 aromatic carbocycles. The zero-order valence-corrected chi connectivity index (χ0v) is 12.6. The molecule has 0 bridgehead atoms. The quantitative estimate of drug-likeness (QED) is 0.851. The maximum absolute atomic E-state index is 5.81. The van der Waals surface area contributed by atoms with Crippen LogP contribution in [0.5, 0.6) is 0 Å². The third-order valence-electron chi connectivity index (χ3n) is 3.72. The fraction of sp³-hybridized carbons (Fsp3) is 0.562. The standard InChI is InChI=1S/C16H22N2OS/c1-2-6-14(7-3-1)12-18(13-15-8-4-10-19-15)16-17-9-5-11-20-16/h1-3,6-7,15H,4-5,8-13H2. The van der Waals surface area contributed by atoms with Crippen LogP contribution in [-0.4, -0.2) is 41.6 Å². The largest absolute Gasteiger partial charge is 0.376 e. The van der Waals surface area contributed by atoms with Crippen molar-refractivity contribution >= 4 is 16.9 Å². The average molecular weight is 290 g/mol. The van der Waals surface area contributed by atoms with Crippen molar-refractivity contribution < 1.29 is 4.74 Å². The van der Waals surface area contributed by atoms with Crippen LogP contribution in [0.4, 0.5) is 0 Å². The summed E-state index contributed by atoms with van der Waals surface area (Å²) in [7, 11) is 0. The van der Waals surface area contributed by atoms with Crippen LogP contribution in [0.25, 0.3) is 0 Å². The van der Waals surface area contributed by atoms with Crippen LogP contribution in [0.1, 0.15) is 24.8 Å². The number of hydrogen-bond donors (Lipinski definition) is 0. The minimum Gasteiger partial charge on any atom is -0.376 e. The summed E-state index contributed by atoms with van der Waals surface area (Å²) in [6.45, 7) is 3.80. The highest BCUT2D eigenvalue weighted by atomic mass is 32.2. The van der Waals surface area contributed by atoms with Crippen molar-refractivity contribution in [3.8, 4) is 0 Å². The van der Waals surface area contributed by atoms with Crippen molar-refractivity contribution in [2.24, 2.45) is 4.99 Å². The summed E-state index contributed by atoms with van der Waals surface area (Å²) in [5, 5.41) is 1.20. The first-order chi connectivity index (χ1) is 9.92. The van der Waals surface area contributed by atoms with E-state index in [1.165, 1.54) is 35.7 Å². The van der Waals surface area contributed by atoms with Crippen molar-refractivity contribution in [3.63, 3.8) is 0 Å². The number of nitrogens with zero attached hydrogens (tertiary/aromatic N) is 2. The lowest BCUT2D eigenvalue weighted by Gasteiger charge is -2.29. The second-order valence-corrected chi connectivity index (χ2v) is 6.43. The molecule has 4 heteroatoms. The zero-order valence-electron chi connectivity index (χ0n) is 11.8. The van der Waals surface area contributed by atoms with Crippen molar-refractivity contribution in [2.75, 3.05) is 25.4 Å². The van der Waals surface area contributed by atoms with Crippen molar-refractivity contribution in [2.45, 2.75) is 31.9 Å². The monoisotopic (exact) mass is 290 g/mol. The molecular formula is C16H22N2OS. The normalized spacial score (nSPS) is 22.6. The van der Waals surface area contributed by atoms with E-state index in [0.717, 1.165) is 26.2 Å². The van der Waals surface area contributed by atoms with Crippen LogP contribution in [0.2, 0.25) is 0 Å². The Kier molecular flexibility index (Phi) is 4.98. The van der Waals surface area contributed by atoms with E-state index in [1.54, 1.807) is 0 Å².